The molecule has 5 heteroatoms. The van der Waals surface area contributed by atoms with Gasteiger partial charge < -0.3 is 0 Å². The molecule has 1 fully saturated rings. The van der Waals surface area contributed by atoms with E-state index in [1.165, 1.54) is 13.3 Å². The monoisotopic (exact) mass is 244 g/mol. The highest BCUT2D eigenvalue weighted by Crippen LogP contribution is 2.27. The van der Waals surface area contributed by atoms with E-state index in [1.807, 2.05) is 0 Å². The average Bonchev–Trinajstić information content (AvgIpc) is 2.28. The highest BCUT2D eigenvalue weighted by atomic mass is 32.2. The molecule has 1 N–H and O–H groups in total. The molecule has 0 heterocycles. The van der Waals surface area contributed by atoms with Crippen molar-refractivity contribution in [2.75, 3.05) is 0 Å². The van der Waals surface area contributed by atoms with Gasteiger partial charge in [0.15, 0.2) is 5.25 Å². The highest BCUT2D eigenvalue weighted by molar-refractivity contribution is 7.90. The summed E-state index contributed by atoms with van der Waals surface area (Å²) in [6, 6.07) is 1.80. The fourth-order valence-corrected chi connectivity index (χ4v) is 3.31. The van der Waals surface area contributed by atoms with Gasteiger partial charge in [-0.1, -0.05) is 26.2 Å². The van der Waals surface area contributed by atoms with Crippen LogP contribution >= 0.6 is 0 Å². The molecule has 0 aliphatic heterocycles. The summed E-state index contributed by atoms with van der Waals surface area (Å²) in [7, 11) is -3.46. The lowest BCUT2D eigenvalue weighted by Gasteiger charge is -2.31. The third-order valence-corrected chi connectivity index (χ3v) is 5.06. The Morgan fingerprint density at radius 3 is 2.62 bits per heavy atom. The van der Waals surface area contributed by atoms with E-state index in [0.29, 0.717) is 5.92 Å². The van der Waals surface area contributed by atoms with Gasteiger partial charge >= 0.3 is 0 Å². The van der Waals surface area contributed by atoms with E-state index in [9.17, 15) is 8.42 Å². The molecule has 0 radical (unpaired) electrons. The lowest BCUT2D eigenvalue weighted by molar-refractivity contribution is 0.282. The molecule has 0 spiro atoms. The molecular weight excluding hydrogens is 224 g/mol. The van der Waals surface area contributed by atoms with Gasteiger partial charge in [0.2, 0.25) is 10.0 Å². The number of hydrogen-bond donors (Lipinski definition) is 1. The van der Waals surface area contributed by atoms with Crippen molar-refractivity contribution in [1.82, 2.24) is 4.72 Å². The van der Waals surface area contributed by atoms with Gasteiger partial charge in [-0.05, 0) is 25.7 Å². The SMILES string of the molecule is CCC1CCCCC1NS(=O)(=O)C(C)C#N. The minimum absolute atomic E-state index is 0.0274. The summed E-state index contributed by atoms with van der Waals surface area (Å²) in [6.45, 7) is 3.51. The first-order valence-corrected chi connectivity index (χ1v) is 7.46. The maximum absolute atomic E-state index is 11.8. The fraction of sp³-hybridized carbons (Fsp3) is 0.909. The summed E-state index contributed by atoms with van der Waals surface area (Å²) in [4.78, 5) is 0. The molecule has 0 amide bonds. The lowest BCUT2D eigenvalue weighted by Crippen LogP contribution is -2.44. The molecule has 0 aromatic carbocycles. The standard InChI is InChI=1S/C11H20N2O2S/c1-3-10-6-4-5-7-11(10)13-16(14,15)9(2)8-12/h9-11,13H,3-7H2,1-2H3. The van der Waals surface area contributed by atoms with Crippen LogP contribution in [0.4, 0.5) is 0 Å². The summed E-state index contributed by atoms with van der Waals surface area (Å²) in [5.41, 5.74) is 0. The number of nitriles is 1. The minimum Gasteiger partial charge on any atom is -0.211 e. The van der Waals surface area contributed by atoms with Gasteiger partial charge in [0.1, 0.15) is 0 Å². The van der Waals surface area contributed by atoms with Crippen LogP contribution in [0.1, 0.15) is 46.0 Å². The van der Waals surface area contributed by atoms with Crippen molar-refractivity contribution in [1.29, 1.82) is 5.26 Å². The quantitative estimate of drug-likeness (QED) is 0.819. The molecule has 4 nitrogen and oxygen atoms in total. The van der Waals surface area contributed by atoms with Crippen molar-refractivity contribution in [3.63, 3.8) is 0 Å². The molecule has 0 saturated heterocycles. The van der Waals surface area contributed by atoms with E-state index in [4.69, 9.17) is 5.26 Å². The Balaban J connectivity index is 2.68. The van der Waals surface area contributed by atoms with Crippen molar-refractivity contribution in [2.45, 2.75) is 57.2 Å². The first-order chi connectivity index (χ1) is 7.51. The van der Waals surface area contributed by atoms with Crippen LogP contribution in [0.5, 0.6) is 0 Å². The van der Waals surface area contributed by atoms with Gasteiger partial charge in [-0.3, -0.25) is 0 Å². The zero-order chi connectivity index (χ0) is 12.2. The Morgan fingerprint density at radius 1 is 1.44 bits per heavy atom. The molecule has 0 aromatic heterocycles. The smallest absolute Gasteiger partial charge is 0.211 e. The highest BCUT2D eigenvalue weighted by Gasteiger charge is 2.30. The summed E-state index contributed by atoms with van der Waals surface area (Å²) < 4.78 is 26.2. The lowest BCUT2D eigenvalue weighted by atomic mass is 9.83. The van der Waals surface area contributed by atoms with Gasteiger partial charge in [0, 0.05) is 6.04 Å². The number of sulfonamides is 1. The van der Waals surface area contributed by atoms with Crippen LogP contribution in [0.15, 0.2) is 0 Å². The average molecular weight is 244 g/mol. The molecule has 1 aliphatic carbocycles. The molecule has 0 bridgehead atoms. The molecule has 3 atom stereocenters. The van der Waals surface area contributed by atoms with Crippen LogP contribution in [0.2, 0.25) is 0 Å². The van der Waals surface area contributed by atoms with E-state index >= 15 is 0 Å². The van der Waals surface area contributed by atoms with Gasteiger partial charge in [-0.15, -0.1) is 0 Å². The second kappa shape index (κ2) is 5.65. The topological polar surface area (TPSA) is 70.0 Å². The van der Waals surface area contributed by atoms with Gasteiger partial charge in [-0.2, -0.15) is 5.26 Å². The van der Waals surface area contributed by atoms with Crippen LogP contribution in [0, 0.1) is 17.2 Å². The number of nitrogens with zero attached hydrogens (tertiary/aromatic N) is 1. The Labute approximate surface area is 98.1 Å². The van der Waals surface area contributed by atoms with E-state index in [0.717, 1.165) is 25.7 Å². The first kappa shape index (κ1) is 13.5. The Kier molecular flexibility index (Phi) is 4.75. The third-order valence-electron chi connectivity index (χ3n) is 3.40. The van der Waals surface area contributed by atoms with E-state index in [2.05, 4.69) is 11.6 Å². The van der Waals surface area contributed by atoms with Gasteiger partial charge in [0.05, 0.1) is 6.07 Å². The number of rotatable bonds is 4. The van der Waals surface area contributed by atoms with Crippen molar-refractivity contribution < 1.29 is 8.42 Å². The van der Waals surface area contributed by atoms with Crippen LogP contribution in [0.3, 0.4) is 0 Å². The van der Waals surface area contributed by atoms with E-state index < -0.39 is 15.3 Å². The summed E-state index contributed by atoms with van der Waals surface area (Å²) in [5.74, 6) is 0.425. The Morgan fingerprint density at radius 2 is 2.06 bits per heavy atom. The van der Waals surface area contributed by atoms with Crippen molar-refractivity contribution >= 4 is 10.0 Å². The number of nitrogens with one attached hydrogen (secondary N) is 1. The van der Waals surface area contributed by atoms with Gasteiger partial charge in [0.25, 0.3) is 0 Å². The zero-order valence-corrected chi connectivity index (χ0v) is 10.8. The largest absolute Gasteiger partial charge is 0.227 e. The normalized spacial score (nSPS) is 28.3. The van der Waals surface area contributed by atoms with Crippen LogP contribution in [-0.2, 0) is 10.0 Å². The molecule has 3 unspecified atom stereocenters. The van der Waals surface area contributed by atoms with Crippen molar-refractivity contribution in [2.24, 2.45) is 5.92 Å². The number of hydrogen-bond acceptors (Lipinski definition) is 3. The summed E-state index contributed by atoms with van der Waals surface area (Å²) in [6.07, 6.45) is 5.24. The van der Waals surface area contributed by atoms with Crippen LogP contribution < -0.4 is 4.72 Å². The van der Waals surface area contributed by atoms with Gasteiger partial charge in [-0.25, -0.2) is 13.1 Å². The third kappa shape index (κ3) is 3.19. The second-order valence-electron chi connectivity index (χ2n) is 4.49. The van der Waals surface area contributed by atoms with Crippen LogP contribution in [0.25, 0.3) is 0 Å². The van der Waals surface area contributed by atoms with Crippen molar-refractivity contribution in [3.8, 4) is 6.07 Å². The summed E-state index contributed by atoms with van der Waals surface area (Å²) in [5, 5.41) is 7.69. The fourth-order valence-electron chi connectivity index (χ4n) is 2.23. The first-order valence-electron chi connectivity index (χ1n) is 5.92. The molecule has 92 valence electrons. The Bertz CT molecular complexity index is 359. The Hall–Kier alpha value is -0.600. The van der Waals surface area contributed by atoms with Crippen LogP contribution in [-0.4, -0.2) is 19.7 Å². The van der Waals surface area contributed by atoms with Crippen molar-refractivity contribution in [3.05, 3.63) is 0 Å². The molecule has 1 rings (SSSR count). The van der Waals surface area contributed by atoms with E-state index in [1.54, 1.807) is 6.07 Å². The zero-order valence-electron chi connectivity index (χ0n) is 9.94. The molecule has 0 aromatic rings. The van der Waals surface area contributed by atoms with E-state index in [-0.39, 0.29) is 6.04 Å². The predicted octanol–water partition coefficient (Wildman–Crippen LogP) is 1.79. The molecule has 1 aliphatic rings. The predicted molar refractivity (Wildman–Crippen MR) is 63.2 cm³/mol. The maximum atomic E-state index is 11.8. The molecule has 16 heavy (non-hydrogen) atoms. The molecule has 1 saturated carbocycles. The summed E-state index contributed by atoms with van der Waals surface area (Å²) >= 11 is 0. The minimum atomic E-state index is -3.46. The second-order valence-corrected chi connectivity index (χ2v) is 6.53. The maximum Gasteiger partial charge on any atom is 0.227 e. The molecular formula is C11H20N2O2S.